The first-order chi connectivity index (χ1) is 9.24. The molecule has 1 aromatic rings. The van der Waals surface area contributed by atoms with Gasteiger partial charge in [0.15, 0.2) is 0 Å². The molecule has 1 aromatic heterocycles. The van der Waals surface area contributed by atoms with Crippen molar-refractivity contribution in [1.29, 1.82) is 0 Å². The number of rotatable bonds is 7. The summed E-state index contributed by atoms with van der Waals surface area (Å²) in [6, 6.07) is 4.41. The average Bonchev–Trinajstić information content (AvgIpc) is 2.82. The lowest BCUT2D eigenvalue weighted by Gasteiger charge is -2.27. The normalized spacial score (nSPS) is 17.2. The predicted molar refractivity (Wildman–Crippen MR) is 81.8 cm³/mol. The first-order valence-electron chi connectivity index (χ1n) is 7.26. The van der Waals surface area contributed by atoms with E-state index >= 15 is 0 Å². The molecule has 3 nitrogen and oxygen atoms in total. The van der Waals surface area contributed by atoms with Gasteiger partial charge in [0.1, 0.15) is 0 Å². The van der Waals surface area contributed by atoms with E-state index < -0.39 is 0 Å². The van der Waals surface area contributed by atoms with Crippen molar-refractivity contribution in [3.8, 4) is 0 Å². The minimum atomic E-state index is 0.832. The molecular weight excluding hydrogens is 256 g/mol. The summed E-state index contributed by atoms with van der Waals surface area (Å²) >= 11 is 1.89. The molecule has 1 fully saturated rings. The van der Waals surface area contributed by atoms with Crippen LogP contribution in [0, 0.1) is 12.8 Å². The molecule has 2 rings (SSSR count). The smallest absolute Gasteiger partial charge is 0.0469 e. The van der Waals surface area contributed by atoms with Gasteiger partial charge >= 0.3 is 0 Å². The van der Waals surface area contributed by atoms with Crippen LogP contribution in [0.15, 0.2) is 12.1 Å². The highest BCUT2D eigenvalue weighted by atomic mass is 32.1. The van der Waals surface area contributed by atoms with Crippen LogP contribution in [-0.2, 0) is 11.3 Å². The molecule has 19 heavy (non-hydrogen) atoms. The number of nitrogens with zero attached hydrogens (tertiary/aromatic N) is 1. The third-order valence-corrected chi connectivity index (χ3v) is 4.68. The summed E-state index contributed by atoms with van der Waals surface area (Å²) in [5.74, 6) is 0.832. The van der Waals surface area contributed by atoms with Crippen LogP contribution < -0.4 is 5.32 Å². The highest BCUT2D eigenvalue weighted by Gasteiger charge is 2.15. The summed E-state index contributed by atoms with van der Waals surface area (Å²) in [4.78, 5) is 5.28. The summed E-state index contributed by atoms with van der Waals surface area (Å²) in [6.45, 7) is 8.48. The molecule has 1 aliphatic heterocycles. The van der Waals surface area contributed by atoms with Crippen molar-refractivity contribution in [3.05, 3.63) is 21.9 Å². The summed E-state index contributed by atoms with van der Waals surface area (Å²) in [5.41, 5.74) is 0. The van der Waals surface area contributed by atoms with Crippen molar-refractivity contribution < 1.29 is 4.74 Å². The van der Waals surface area contributed by atoms with Crippen molar-refractivity contribution in [3.63, 3.8) is 0 Å². The average molecular weight is 282 g/mol. The van der Waals surface area contributed by atoms with Gasteiger partial charge in [0.05, 0.1) is 0 Å². The summed E-state index contributed by atoms with van der Waals surface area (Å²) in [7, 11) is 2.23. The third kappa shape index (κ3) is 5.61. The Hall–Kier alpha value is -0.420. The molecule has 0 amide bonds. The van der Waals surface area contributed by atoms with Crippen molar-refractivity contribution in [2.75, 3.05) is 39.9 Å². The van der Waals surface area contributed by atoms with Crippen molar-refractivity contribution in [2.45, 2.75) is 26.3 Å². The number of likely N-dealkylation sites (N-methyl/N-ethyl adjacent to an activating group) is 1. The molecule has 4 heteroatoms. The molecule has 0 radical (unpaired) electrons. The quantitative estimate of drug-likeness (QED) is 0.778. The van der Waals surface area contributed by atoms with Gasteiger partial charge in [-0.25, -0.2) is 0 Å². The minimum absolute atomic E-state index is 0.832. The maximum absolute atomic E-state index is 5.40. The molecule has 0 bridgehead atoms. The van der Waals surface area contributed by atoms with Gasteiger partial charge in [0.2, 0.25) is 0 Å². The fourth-order valence-corrected chi connectivity index (χ4v) is 3.38. The van der Waals surface area contributed by atoms with Crippen LogP contribution in [0.3, 0.4) is 0 Å². The van der Waals surface area contributed by atoms with Crippen LogP contribution in [-0.4, -0.2) is 44.8 Å². The summed E-state index contributed by atoms with van der Waals surface area (Å²) < 4.78 is 5.40. The Balaban J connectivity index is 1.54. The van der Waals surface area contributed by atoms with Gasteiger partial charge in [0, 0.05) is 49.1 Å². The van der Waals surface area contributed by atoms with E-state index in [1.807, 2.05) is 11.3 Å². The predicted octanol–water partition coefficient (Wildman–Crippen LogP) is 2.50. The highest BCUT2D eigenvalue weighted by molar-refractivity contribution is 7.11. The van der Waals surface area contributed by atoms with Gasteiger partial charge in [-0.1, -0.05) is 0 Å². The summed E-state index contributed by atoms with van der Waals surface area (Å²) in [6.07, 6.45) is 2.46. The van der Waals surface area contributed by atoms with Crippen LogP contribution in [0.5, 0.6) is 0 Å². The molecule has 0 aliphatic carbocycles. The standard InChI is InChI=1S/C15H26N2OS/c1-13-3-4-15(19-13)11-16-7-8-17(2)12-14-5-9-18-10-6-14/h3-4,14,16H,5-12H2,1-2H3. The maximum Gasteiger partial charge on any atom is 0.0469 e. The lowest BCUT2D eigenvalue weighted by molar-refractivity contribution is 0.0558. The Morgan fingerprint density at radius 2 is 2.16 bits per heavy atom. The van der Waals surface area contributed by atoms with E-state index in [9.17, 15) is 0 Å². The lowest BCUT2D eigenvalue weighted by Crippen LogP contribution is -2.34. The van der Waals surface area contributed by atoms with E-state index in [2.05, 4.69) is 36.3 Å². The maximum atomic E-state index is 5.40. The van der Waals surface area contributed by atoms with Crippen LogP contribution in [0.25, 0.3) is 0 Å². The molecule has 2 heterocycles. The molecule has 0 unspecified atom stereocenters. The Kier molecular flexibility index (Phi) is 6.31. The number of ether oxygens (including phenoxy) is 1. The van der Waals surface area contributed by atoms with Crippen molar-refractivity contribution in [2.24, 2.45) is 5.92 Å². The van der Waals surface area contributed by atoms with E-state index in [1.165, 1.54) is 29.1 Å². The Morgan fingerprint density at radius 3 is 2.84 bits per heavy atom. The minimum Gasteiger partial charge on any atom is -0.381 e. The lowest BCUT2D eigenvalue weighted by atomic mass is 10.00. The number of hydrogen-bond donors (Lipinski definition) is 1. The van der Waals surface area contributed by atoms with Gasteiger partial charge in [-0.05, 0) is 44.9 Å². The highest BCUT2D eigenvalue weighted by Crippen LogP contribution is 2.15. The second kappa shape index (κ2) is 8.00. The molecule has 1 N–H and O–H groups in total. The number of nitrogens with one attached hydrogen (secondary N) is 1. The van der Waals surface area contributed by atoms with Gasteiger partial charge in [-0.3, -0.25) is 0 Å². The number of aryl methyl sites for hydroxylation is 1. The zero-order chi connectivity index (χ0) is 13.5. The Morgan fingerprint density at radius 1 is 1.37 bits per heavy atom. The molecule has 0 aromatic carbocycles. The van der Waals surface area contributed by atoms with E-state index in [-0.39, 0.29) is 0 Å². The van der Waals surface area contributed by atoms with E-state index in [1.54, 1.807) is 0 Å². The largest absolute Gasteiger partial charge is 0.381 e. The summed E-state index contributed by atoms with van der Waals surface area (Å²) in [5, 5.41) is 3.53. The van der Waals surface area contributed by atoms with Gasteiger partial charge in [-0.2, -0.15) is 0 Å². The zero-order valence-electron chi connectivity index (χ0n) is 12.2. The van der Waals surface area contributed by atoms with Gasteiger partial charge < -0.3 is 15.0 Å². The number of thiophene rings is 1. The first kappa shape index (κ1) is 15.0. The Bertz CT molecular complexity index is 361. The van der Waals surface area contributed by atoms with Gasteiger partial charge in [0.25, 0.3) is 0 Å². The van der Waals surface area contributed by atoms with E-state index in [0.717, 1.165) is 38.8 Å². The molecule has 0 saturated carbocycles. The SMILES string of the molecule is Cc1ccc(CNCCN(C)CC2CCOCC2)s1. The molecule has 0 atom stereocenters. The molecule has 0 spiro atoms. The zero-order valence-corrected chi connectivity index (χ0v) is 13.0. The monoisotopic (exact) mass is 282 g/mol. The fourth-order valence-electron chi connectivity index (χ4n) is 2.52. The second-order valence-electron chi connectivity index (χ2n) is 5.51. The van der Waals surface area contributed by atoms with Crippen LogP contribution in [0.2, 0.25) is 0 Å². The fraction of sp³-hybridized carbons (Fsp3) is 0.733. The second-order valence-corrected chi connectivity index (χ2v) is 6.88. The van der Waals surface area contributed by atoms with E-state index in [4.69, 9.17) is 4.74 Å². The number of hydrogen-bond acceptors (Lipinski definition) is 4. The molecule has 108 valence electrons. The third-order valence-electron chi connectivity index (χ3n) is 3.68. The Labute approximate surface area is 121 Å². The van der Waals surface area contributed by atoms with Crippen molar-refractivity contribution >= 4 is 11.3 Å². The van der Waals surface area contributed by atoms with Crippen molar-refractivity contribution in [1.82, 2.24) is 10.2 Å². The van der Waals surface area contributed by atoms with Crippen LogP contribution >= 0.6 is 11.3 Å². The first-order valence-corrected chi connectivity index (χ1v) is 8.08. The van der Waals surface area contributed by atoms with Crippen LogP contribution in [0.4, 0.5) is 0 Å². The molecular formula is C15H26N2OS. The molecule has 1 aliphatic rings. The van der Waals surface area contributed by atoms with E-state index in [0.29, 0.717) is 0 Å². The molecule has 1 saturated heterocycles. The topological polar surface area (TPSA) is 24.5 Å². The van der Waals surface area contributed by atoms with Gasteiger partial charge in [-0.15, -0.1) is 11.3 Å². The van der Waals surface area contributed by atoms with Crippen LogP contribution in [0.1, 0.15) is 22.6 Å².